The van der Waals surface area contributed by atoms with E-state index < -0.39 is 0 Å². The van der Waals surface area contributed by atoms with Crippen LogP contribution in [-0.2, 0) is 4.79 Å². The molecule has 0 spiro atoms. The maximum Gasteiger partial charge on any atom is 0.267 e. The zero-order chi connectivity index (χ0) is 21.8. The van der Waals surface area contributed by atoms with Crippen LogP contribution in [0, 0.1) is 18.3 Å². The summed E-state index contributed by atoms with van der Waals surface area (Å²) in [5.41, 5.74) is 2.39. The number of aryl methyl sites for hydroxylation is 1. The molecule has 0 unspecified atom stereocenters. The summed E-state index contributed by atoms with van der Waals surface area (Å²) < 4.78 is 1.44. The van der Waals surface area contributed by atoms with E-state index >= 15 is 0 Å². The number of hydrogen-bond donors (Lipinski definition) is 1. The van der Waals surface area contributed by atoms with Crippen LogP contribution in [0.25, 0.3) is 16.7 Å². The van der Waals surface area contributed by atoms with Gasteiger partial charge in [0, 0.05) is 11.9 Å². The van der Waals surface area contributed by atoms with E-state index in [0.29, 0.717) is 33.1 Å². The maximum absolute atomic E-state index is 13.2. The van der Waals surface area contributed by atoms with Crippen molar-refractivity contribution in [1.82, 2.24) is 14.5 Å². The largest absolute Gasteiger partial charge is 0.325 e. The summed E-state index contributed by atoms with van der Waals surface area (Å²) in [6, 6.07) is 19.4. The molecule has 2 aromatic heterocycles. The number of para-hydroxylation sites is 1. The Morgan fingerprint density at radius 3 is 2.68 bits per heavy atom. The Kier molecular flexibility index (Phi) is 5.78. The number of pyridine rings is 1. The number of nitrogens with zero attached hydrogens (tertiary/aromatic N) is 4. The summed E-state index contributed by atoms with van der Waals surface area (Å²) in [4.78, 5) is 34.6. The summed E-state index contributed by atoms with van der Waals surface area (Å²) in [5.74, 6) is 0.260. The van der Waals surface area contributed by atoms with Gasteiger partial charge >= 0.3 is 0 Å². The van der Waals surface area contributed by atoms with Gasteiger partial charge in [-0.05, 0) is 61.0 Å². The second-order valence-corrected chi connectivity index (χ2v) is 7.71. The summed E-state index contributed by atoms with van der Waals surface area (Å²) in [7, 11) is 0. The van der Waals surface area contributed by atoms with E-state index in [2.05, 4.69) is 15.3 Å². The van der Waals surface area contributed by atoms with Crippen molar-refractivity contribution in [2.75, 3.05) is 11.1 Å². The topological polar surface area (TPSA) is 101 Å². The normalized spacial score (nSPS) is 10.6. The van der Waals surface area contributed by atoms with Gasteiger partial charge < -0.3 is 5.32 Å². The van der Waals surface area contributed by atoms with Crippen molar-refractivity contribution in [2.45, 2.75) is 12.1 Å². The molecule has 7 nitrogen and oxygen atoms in total. The fraction of sp³-hybridized carbons (Fsp3) is 0.0870. The van der Waals surface area contributed by atoms with Gasteiger partial charge in [0.25, 0.3) is 5.56 Å². The van der Waals surface area contributed by atoms with Gasteiger partial charge in [0.1, 0.15) is 5.82 Å². The van der Waals surface area contributed by atoms with Crippen molar-refractivity contribution < 1.29 is 4.79 Å². The highest BCUT2D eigenvalue weighted by Crippen LogP contribution is 2.21. The van der Waals surface area contributed by atoms with Crippen LogP contribution < -0.4 is 10.9 Å². The smallest absolute Gasteiger partial charge is 0.267 e. The second-order valence-electron chi connectivity index (χ2n) is 6.77. The monoisotopic (exact) mass is 427 g/mol. The number of fused-ring (bicyclic) bond motifs is 1. The average Bonchev–Trinajstić information content (AvgIpc) is 2.78. The van der Waals surface area contributed by atoms with Gasteiger partial charge in [0.05, 0.1) is 28.3 Å². The average molecular weight is 427 g/mol. The number of carbonyl (C=O) groups excluding carboxylic acids is 1. The van der Waals surface area contributed by atoms with Crippen LogP contribution in [0.15, 0.2) is 76.8 Å². The Hall–Kier alpha value is -3.96. The van der Waals surface area contributed by atoms with E-state index in [9.17, 15) is 9.59 Å². The molecule has 0 aliphatic heterocycles. The minimum atomic E-state index is -0.249. The van der Waals surface area contributed by atoms with Gasteiger partial charge in [-0.3, -0.25) is 9.59 Å². The van der Waals surface area contributed by atoms with Gasteiger partial charge in [-0.2, -0.15) is 5.26 Å². The molecule has 1 N–H and O–H groups in total. The van der Waals surface area contributed by atoms with E-state index in [-0.39, 0.29) is 17.2 Å². The van der Waals surface area contributed by atoms with E-state index in [4.69, 9.17) is 5.26 Å². The fourth-order valence-electron chi connectivity index (χ4n) is 3.01. The minimum absolute atomic E-state index is 0.0522. The molecule has 2 heterocycles. The van der Waals surface area contributed by atoms with Crippen molar-refractivity contribution >= 4 is 34.3 Å². The molecule has 0 saturated heterocycles. The molecule has 0 bridgehead atoms. The standard InChI is InChI=1S/C23H17N5O2S/c1-15-10-11-25-20(12-15)28-22(30)18-4-2-3-5-19(18)27-23(28)31-14-21(29)26-17-8-6-16(13-24)7-9-17/h2-12H,14H2,1H3,(H,26,29). The van der Waals surface area contributed by atoms with E-state index in [0.717, 1.165) is 17.3 Å². The number of nitriles is 1. The van der Waals surface area contributed by atoms with E-state index in [1.165, 1.54) is 4.57 Å². The predicted octanol–water partition coefficient (Wildman–Crippen LogP) is 3.69. The molecule has 8 heteroatoms. The molecule has 0 aliphatic rings. The number of thioether (sulfide) groups is 1. The minimum Gasteiger partial charge on any atom is -0.325 e. The van der Waals surface area contributed by atoms with Crippen LogP contribution in [0.2, 0.25) is 0 Å². The highest BCUT2D eigenvalue weighted by Gasteiger charge is 2.15. The van der Waals surface area contributed by atoms with Crippen molar-refractivity contribution in [3.05, 3.63) is 88.3 Å². The number of amides is 1. The Balaban J connectivity index is 1.64. The summed E-state index contributed by atoms with van der Waals surface area (Å²) >= 11 is 1.16. The lowest BCUT2D eigenvalue weighted by Gasteiger charge is -2.13. The number of hydrogen-bond acceptors (Lipinski definition) is 6. The molecule has 31 heavy (non-hydrogen) atoms. The van der Waals surface area contributed by atoms with Crippen molar-refractivity contribution in [3.63, 3.8) is 0 Å². The van der Waals surface area contributed by atoms with Crippen molar-refractivity contribution in [1.29, 1.82) is 5.26 Å². The van der Waals surface area contributed by atoms with Crippen LogP contribution in [0.5, 0.6) is 0 Å². The molecular weight excluding hydrogens is 410 g/mol. The molecule has 0 radical (unpaired) electrons. The van der Waals surface area contributed by atoms with Gasteiger partial charge in [0.2, 0.25) is 5.91 Å². The van der Waals surface area contributed by atoms with Crippen LogP contribution in [0.4, 0.5) is 5.69 Å². The third kappa shape index (κ3) is 4.47. The number of anilines is 1. The molecule has 2 aromatic carbocycles. The number of nitrogens with one attached hydrogen (secondary N) is 1. The Bertz CT molecular complexity index is 1370. The Morgan fingerprint density at radius 2 is 1.94 bits per heavy atom. The summed E-state index contributed by atoms with van der Waals surface area (Å²) in [5, 5.41) is 12.5. The number of carbonyl (C=O) groups is 1. The molecule has 0 aliphatic carbocycles. The third-order valence-electron chi connectivity index (χ3n) is 4.51. The van der Waals surface area contributed by atoms with Crippen molar-refractivity contribution in [2.24, 2.45) is 0 Å². The van der Waals surface area contributed by atoms with E-state index in [1.54, 1.807) is 54.7 Å². The molecule has 0 atom stereocenters. The highest BCUT2D eigenvalue weighted by atomic mass is 32.2. The van der Waals surface area contributed by atoms with Gasteiger partial charge in [-0.25, -0.2) is 14.5 Å². The quantitative estimate of drug-likeness (QED) is 0.385. The maximum atomic E-state index is 13.2. The highest BCUT2D eigenvalue weighted by molar-refractivity contribution is 7.99. The fourth-order valence-corrected chi connectivity index (χ4v) is 3.81. The SMILES string of the molecule is Cc1ccnc(-n2c(SCC(=O)Nc3ccc(C#N)cc3)nc3ccccc3c2=O)c1. The summed E-state index contributed by atoms with van der Waals surface area (Å²) in [6.45, 7) is 1.92. The zero-order valence-electron chi connectivity index (χ0n) is 16.6. The first-order chi connectivity index (χ1) is 15.0. The van der Waals surface area contributed by atoms with Crippen LogP contribution >= 0.6 is 11.8 Å². The molecule has 4 aromatic rings. The third-order valence-corrected chi connectivity index (χ3v) is 5.44. The van der Waals surface area contributed by atoms with Crippen LogP contribution in [0.3, 0.4) is 0 Å². The first-order valence-electron chi connectivity index (χ1n) is 9.43. The summed E-state index contributed by atoms with van der Waals surface area (Å²) in [6.07, 6.45) is 1.64. The van der Waals surface area contributed by atoms with Gasteiger partial charge in [-0.1, -0.05) is 23.9 Å². The molecule has 4 rings (SSSR count). The van der Waals surface area contributed by atoms with Crippen molar-refractivity contribution in [3.8, 4) is 11.9 Å². The number of benzene rings is 2. The Morgan fingerprint density at radius 1 is 1.16 bits per heavy atom. The van der Waals surface area contributed by atoms with Crippen LogP contribution in [-0.4, -0.2) is 26.2 Å². The molecule has 0 fully saturated rings. The lowest BCUT2D eigenvalue weighted by atomic mass is 10.2. The number of aromatic nitrogens is 3. The lowest BCUT2D eigenvalue weighted by molar-refractivity contribution is -0.113. The first-order valence-corrected chi connectivity index (χ1v) is 10.4. The number of rotatable bonds is 5. The predicted molar refractivity (Wildman–Crippen MR) is 120 cm³/mol. The molecular formula is C23H17N5O2S. The van der Waals surface area contributed by atoms with Gasteiger partial charge in [-0.15, -0.1) is 0 Å². The van der Waals surface area contributed by atoms with E-state index in [1.807, 2.05) is 25.1 Å². The zero-order valence-corrected chi connectivity index (χ0v) is 17.4. The lowest BCUT2D eigenvalue weighted by Crippen LogP contribution is -2.23. The molecule has 152 valence electrons. The van der Waals surface area contributed by atoms with Crippen LogP contribution in [0.1, 0.15) is 11.1 Å². The Labute approximate surface area is 182 Å². The molecule has 1 amide bonds. The van der Waals surface area contributed by atoms with Gasteiger partial charge in [0.15, 0.2) is 5.16 Å². The second kappa shape index (κ2) is 8.81. The first kappa shape index (κ1) is 20.3. The molecule has 0 saturated carbocycles.